The van der Waals surface area contributed by atoms with Crippen LogP contribution in [0.1, 0.15) is 5.56 Å². The first-order valence-electron chi connectivity index (χ1n) is 7.83. The summed E-state index contributed by atoms with van der Waals surface area (Å²) in [4.78, 5) is 15.0. The zero-order valence-corrected chi connectivity index (χ0v) is 17.2. The molecule has 0 aliphatic heterocycles. The van der Waals surface area contributed by atoms with E-state index < -0.39 is 10.0 Å². The summed E-state index contributed by atoms with van der Waals surface area (Å²) >= 11 is 7.39. The predicted octanol–water partition coefficient (Wildman–Crippen LogP) is 3.34. The molecule has 0 heterocycles. The third kappa shape index (κ3) is 5.23. The second-order valence-electron chi connectivity index (χ2n) is 5.81. The SMILES string of the molecule is CSc1ccc(S(=O)(=O)N(C)CC(=O)N(C)Cc2ccc(Cl)cc2)cc1. The molecule has 0 aliphatic rings. The molecule has 2 aromatic rings. The second kappa shape index (κ2) is 8.90. The normalized spacial score (nSPS) is 11.6. The van der Waals surface area contributed by atoms with Crippen molar-refractivity contribution in [2.75, 3.05) is 26.9 Å². The van der Waals surface area contributed by atoms with Gasteiger partial charge in [-0.05, 0) is 48.2 Å². The summed E-state index contributed by atoms with van der Waals surface area (Å²) in [5.41, 5.74) is 0.920. The van der Waals surface area contributed by atoms with E-state index in [9.17, 15) is 13.2 Å². The summed E-state index contributed by atoms with van der Waals surface area (Å²) in [5, 5.41) is 0.626. The van der Waals surface area contributed by atoms with Crippen LogP contribution in [0.2, 0.25) is 5.02 Å². The van der Waals surface area contributed by atoms with Gasteiger partial charge < -0.3 is 4.90 Å². The number of nitrogens with zero attached hydrogens (tertiary/aromatic N) is 2. The van der Waals surface area contributed by atoms with Crippen LogP contribution in [0, 0.1) is 0 Å². The van der Waals surface area contributed by atoms with Gasteiger partial charge in [0.25, 0.3) is 0 Å². The maximum Gasteiger partial charge on any atom is 0.243 e. The predicted molar refractivity (Wildman–Crippen MR) is 106 cm³/mol. The van der Waals surface area contributed by atoms with Crippen LogP contribution >= 0.6 is 23.4 Å². The lowest BCUT2D eigenvalue weighted by Crippen LogP contribution is -2.39. The molecule has 0 aliphatic carbocycles. The Morgan fingerprint density at radius 2 is 1.62 bits per heavy atom. The fraction of sp³-hybridized carbons (Fsp3) is 0.278. The number of halogens is 1. The molecular formula is C18H21ClN2O3S2. The number of benzene rings is 2. The Morgan fingerprint density at radius 3 is 2.15 bits per heavy atom. The zero-order chi connectivity index (χ0) is 19.3. The Kier molecular flexibility index (Phi) is 7.11. The molecule has 0 fully saturated rings. The number of thioether (sulfide) groups is 1. The number of hydrogen-bond donors (Lipinski definition) is 0. The number of sulfonamides is 1. The van der Waals surface area contributed by atoms with Crippen molar-refractivity contribution in [1.82, 2.24) is 9.21 Å². The molecule has 0 saturated carbocycles. The van der Waals surface area contributed by atoms with Gasteiger partial charge in [0.15, 0.2) is 0 Å². The molecule has 8 heteroatoms. The summed E-state index contributed by atoms with van der Waals surface area (Å²) in [6.07, 6.45) is 1.92. The minimum atomic E-state index is -3.71. The smallest absolute Gasteiger partial charge is 0.243 e. The first kappa shape index (κ1) is 20.8. The number of hydrogen-bond acceptors (Lipinski definition) is 4. The van der Waals surface area contributed by atoms with E-state index in [0.29, 0.717) is 11.6 Å². The third-order valence-corrected chi connectivity index (χ3v) is 6.70. The van der Waals surface area contributed by atoms with Gasteiger partial charge in [0, 0.05) is 30.6 Å². The lowest BCUT2D eigenvalue weighted by molar-refractivity contribution is -0.130. The molecule has 140 valence electrons. The maximum absolute atomic E-state index is 12.6. The molecule has 0 spiro atoms. The summed E-state index contributed by atoms with van der Waals surface area (Å²) in [6.45, 7) is 0.156. The quantitative estimate of drug-likeness (QED) is 0.654. The molecule has 0 atom stereocenters. The van der Waals surface area contributed by atoms with E-state index >= 15 is 0 Å². The van der Waals surface area contributed by atoms with E-state index in [1.807, 2.05) is 18.4 Å². The van der Waals surface area contributed by atoms with Gasteiger partial charge in [0.05, 0.1) is 11.4 Å². The van der Waals surface area contributed by atoms with Crippen LogP contribution in [-0.4, -0.2) is 50.4 Å². The average Bonchev–Trinajstić information content (AvgIpc) is 2.63. The van der Waals surface area contributed by atoms with E-state index in [4.69, 9.17) is 11.6 Å². The van der Waals surface area contributed by atoms with Crippen molar-refractivity contribution in [3.8, 4) is 0 Å². The molecule has 0 saturated heterocycles. The first-order chi connectivity index (χ1) is 12.2. The third-order valence-electron chi connectivity index (χ3n) is 3.88. The van der Waals surface area contributed by atoms with E-state index in [2.05, 4.69) is 0 Å². The molecule has 5 nitrogen and oxygen atoms in total. The first-order valence-corrected chi connectivity index (χ1v) is 10.9. The summed E-state index contributed by atoms with van der Waals surface area (Å²) in [6, 6.07) is 13.8. The van der Waals surface area contributed by atoms with Gasteiger partial charge >= 0.3 is 0 Å². The lowest BCUT2D eigenvalue weighted by Gasteiger charge is -2.22. The van der Waals surface area contributed by atoms with Crippen molar-refractivity contribution >= 4 is 39.3 Å². The van der Waals surface area contributed by atoms with Crippen molar-refractivity contribution in [2.24, 2.45) is 0 Å². The molecule has 0 unspecified atom stereocenters. The van der Waals surface area contributed by atoms with E-state index in [1.54, 1.807) is 43.4 Å². The Morgan fingerprint density at radius 1 is 1.04 bits per heavy atom. The van der Waals surface area contributed by atoms with Gasteiger partial charge in [-0.3, -0.25) is 4.79 Å². The average molecular weight is 413 g/mol. The van der Waals surface area contributed by atoms with Gasteiger partial charge in [-0.2, -0.15) is 4.31 Å². The molecule has 0 radical (unpaired) electrons. The molecule has 0 N–H and O–H groups in total. The number of rotatable bonds is 7. The number of likely N-dealkylation sites (N-methyl/N-ethyl adjacent to an activating group) is 2. The van der Waals surface area contributed by atoms with E-state index in [0.717, 1.165) is 14.8 Å². The highest BCUT2D eigenvalue weighted by molar-refractivity contribution is 7.98. The largest absolute Gasteiger partial charge is 0.340 e. The highest BCUT2D eigenvalue weighted by Crippen LogP contribution is 2.20. The molecular weight excluding hydrogens is 392 g/mol. The van der Waals surface area contributed by atoms with Crippen LogP contribution in [0.25, 0.3) is 0 Å². The minimum absolute atomic E-state index is 0.172. The molecule has 0 aromatic heterocycles. The Hall–Kier alpha value is -1.54. The van der Waals surface area contributed by atoms with Gasteiger partial charge in [0.2, 0.25) is 15.9 Å². The van der Waals surface area contributed by atoms with Gasteiger partial charge in [-0.25, -0.2) is 8.42 Å². The molecule has 0 bridgehead atoms. The highest BCUT2D eigenvalue weighted by Gasteiger charge is 2.24. The molecule has 2 rings (SSSR count). The summed E-state index contributed by atoms with van der Waals surface area (Å²) < 4.78 is 26.3. The second-order valence-corrected chi connectivity index (χ2v) is 9.17. The number of amides is 1. The van der Waals surface area contributed by atoms with Crippen molar-refractivity contribution in [3.63, 3.8) is 0 Å². The number of carbonyl (C=O) groups excluding carboxylic acids is 1. The fourth-order valence-corrected chi connectivity index (χ4v) is 3.93. The Labute approximate surface area is 164 Å². The van der Waals surface area contributed by atoms with Crippen molar-refractivity contribution < 1.29 is 13.2 Å². The lowest BCUT2D eigenvalue weighted by atomic mass is 10.2. The molecule has 26 heavy (non-hydrogen) atoms. The van der Waals surface area contributed by atoms with Crippen LogP contribution in [0.4, 0.5) is 0 Å². The topological polar surface area (TPSA) is 57.7 Å². The number of carbonyl (C=O) groups is 1. The van der Waals surface area contributed by atoms with Crippen molar-refractivity contribution in [3.05, 3.63) is 59.1 Å². The molecule has 1 amide bonds. The van der Waals surface area contributed by atoms with Crippen LogP contribution in [0.3, 0.4) is 0 Å². The van der Waals surface area contributed by atoms with Gasteiger partial charge in [-0.15, -0.1) is 11.8 Å². The van der Waals surface area contributed by atoms with Crippen LogP contribution in [0.15, 0.2) is 58.3 Å². The monoisotopic (exact) mass is 412 g/mol. The Bertz CT molecular complexity index is 853. The standard InChI is InChI=1S/C18H21ClN2O3S2/c1-20(12-14-4-6-15(19)7-5-14)18(22)13-21(2)26(23,24)17-10-8-16(25-3)9-11-17/h4-11H,12-13H2,1-3H3. The van der Waals surface area contributed by atoms with Gasteiger partial charge in [0.1, 0.15) is 0 Å². The van der Waals surface area contributed by atoms with E-state index in [1.165, 1.54) is 23.7 Å². The van der Waals surface area contributed by atoms with Crippen LogP contribution < -0.4 is 0 Å². The fourth-order valence-electron chi connectivity index (χ4n) is 2.28. The van der Waals surface area contributed by atoms with Gasteiger partial charge in [-0.1, -0.05) is 23.7 Å². The Balaban J connectivity index is 2.03. The maximum atomic E-state index is 12.6. The summed E-state index contributed by atoms with van der Waals surface area (Å²) in [7, 11) is -0.660. The van der Waals surface area contributed by atoms with Crippen LogP contribution in [-0.2, 0) is 21.4 Å². The van der Waals surface area contributed by atoms with Crippen molar-refractivity contribution in [2.45, 2.75) is 16.3 Å². The van der Waals surface area contributed by atoms with E-state index in [-0.39, 0.29) is 17.3 Å². The van der Waals surface area contributed by atoms with Crippen LogP contribution in [0.5, 0.6) is 0 Å². The zero-order valence-electron chi connectivity index (χ0n) is 14.8. The molecule has 2 aromatic carbocycles. The van der Waals surface area contributed by atoms with Crippen molar-refractivity contribution in [1.29, 1.82) is 0 Å². The minimum Gasteiger partial charge on any atom is -0.340 e. The highest BCUT2D eigenvalue weighted by atomic mass is 35.5. The summed E-state index contributed by atoms with van der Waals surface area (Å²) in [5.74, 6) is -0.285.